The van der Waals surface area contributed by atoms with Crippen LogP contribution >= 0.6 is 0 Å². The Morgan fingerprint density at radius 3 is 2.56 bits per heavy atom. The van der Waals surface area contributed by atoms with Crippen molar-refractivity contribution in [1.29, 1.82) is 0 Å². The molecule has 4 nitrogen and oxygen atoms in total. The van der Waals surface area contributed by atoms with Crippen molar-refractivity contribution in [2.45, 2.75) is 6.42 Å². The van der Waals surface area contributed by atoms with E-state index in [1.165, 1.54) is 5.56 Å². The van der Waals surface area contributed by atoms with Gasteiger partial charge in [0.05, 0.1) is 0 Å². The van der Waals surface area contributed by atoms with Crippen molar-refractivity contribution in [1.82, 2.24) is 14.8 Å². The zero-order valence-electron chi connectivity index (χ0n) is 14.3. The molecule has 25 heavy (non-hydrogen) atoms. The van der Waals surface area contributed by atoms with E-state index in [9.17, 15) is 4.79 Å². The highest BCUT2D eigenvalue weighted by atomic mass is 16.2. The number of hydrogen-bond donors (Lipinski definition) is 1. The molecule has 0 unspecified atom stereocenters. The van der Waals surface area contributed by atoms with Crippen molar-refractivity contribution in [3.63, 3.8) is 0 Å². The highest BCUT2D eigenvalue weighted by Crippen LogP contribution is 2.16. The van der Waals surface area contributed by atoms with E-state index >= 15 is 0 Å². The summed E-state index contributed by atoms with van der Waals surface area (Å²) in [7, 11) is 0. The lowest BCUT2D eigenvalue weighted by Crippen LogP contribution is -2.49. The van der Waals surface area contributed by atoms with Crippen LogP contribution in [0.1, 0.15) is 15.9 Å². The number of hydrogen-bond acceptors (Lipinski definition) is 2. The molecule has 2 aromatic carbocycles. The van der Waals surface area contributed by atoms with E-state index in [1.807, 2.05) is 35.4 Å². The topological polar surface area (TPSA) is 39.3 Å². The van der Waals surface area contributed by atoms with Gasteiger partial charge in [-0.1, -0.05) is 30.3 Å². The molecule has 1 N–H and O–H groups in total. The van der Waals surface area contributed by atoms with Gasteiger partial charge in [-0.2, -0.15) is 0 Å². The van der Waals surface area contributed by atoms with E-state index in [-0.39, 0.29) is 5.91 Å². The number of benzene rings is 2. The van der Waals surface area contributed by atoms with E-state index in [0.717, 1.165) is 55.6 Å². The summed E-state index contributed by atoms with van der Waals surface area (Å²) in [6, 6.07) is 18.5. The molecule has 0 aliphatic carbocycles. The number of nitrogens with one attached hydrogen (secondary N) is 1. The Hall–Kier alpha value is -2.59. The summed E-state index contributed by atoms with van der Waals surface area (Å²) in [5, 5.41) is 1.09. The van der Waals surface area contributed by atoms with Gasteiger partial charge in [0.15, 0.2) is 0 Å². The quantitative estimate of drug-likeness (QED) is 0.796. The van der Waals surface area contributed by atoms with E-state index in [2.05, 4.69) is 40.2 Å². The monoisotopic (exact) mass is 333 g/mol. The van der Waals surface area contributed by atoms with Crippen molar-refractivity contribution in [3.05, 3.63) is 71.9 Å². The molecule has 1 fully saturated rings. The number of H-pyrrole nitrogens is 1. The number of aromatic amines is 1. The largest absolute Gasteiger partial charge is 0.361 e. The highest BCUT2D eigenvalue weighted by Gasteiger charge is 2.22. The molecule has 1 aliphatic rings. The Balaban J connectivity index is 1.32. The molecule has 3 aromatic rings. The molecule has 1 aliphatic heterocycles. The molecular weight excluding hydrogens is 310 g/mol. The second-order valence-corrected chi connectivity index (χ2v) is 6.65. The molecule has 2 heterocycles. The van der Waals surface area contributed by atoms with Gasteiger partial charge >= 0.3 is 0 Å². The average molecular weight is 333 g/mol. The summed E-state index contributed by atoms with van der Waals surface area (Å²) in [6.45, 7) is 4.56. The van der Waals surface area contributed by atoms with E-state index < -0.39 is 0 Å². The summed E-state index contributed by atoms with van der Waals surface area (Å²) >= 11 is 0. The minimum atomic E-state index is 0.144. The van der Waals surface area contributed by atoms with Gasteiger partial charge in [-0.05, 0) is 36.2 Å². The van der Waals surface area contributed by atoms with Gasteiger partial charge in [0.25, 0.3) is 5.91 Å². The molecule has 1 aromatic heterocycles. The Morgan fingerprint density at radius 2 is 1.76 bits per heavy atom. The maximum Gasteiger partial charge on any atom is 0.253 e. The Bertz CT molecular complexity index is 848. The van der Waals surface area contributed by atoms with Crippen LogP contribution in [0.3, 0.4) is 0 Å². The number of fused-ring (bicyclic) bond motifs is 1. The summed E-state index contributed by atoms with van der Waals surface area (Å²) in [4.78, 5) is 20.3. The number of carbonyl (C=O) groups is 1. The van der Waals surface area contributed by atoms with Crippen LogP contribution in [0.4, 0.5) is 0 Å². The van der Waals surface area contributed by atoms with Crippen LogP contribution in [0.15, 0.2) is 60.8 Å². The minimum absolute atomic E-state index is 0.144. The number of aromatic nitrogens is 1. The first-order chi connectivity index (χ1) is 12.3. The fourth-order valence-corrected chi connectivity index (χ4v) is 3.48. The van der Waals surface area contributed by atoms with Crippen LogP contribution in [-0.2, 0) is 6.42 Å². The SMILES string of the molecule is O=C(c1ccc2[nH]ccc2c1)N1CCN(CCc2ccccc2)CC1. The van der Waals surface area contributed by atoms with Gasteiger partial charge in [-0.15, -0.1) is 0 Å². The van der Waals surface area contributed by atoms with Gasteiger partial charge < -0.3 is 9.88 Å². The van der Waals surface area contributed by atoms with E-state index in [0.29, 0.717) is 0 Å². The molecular formula is C21H23N3O. The lowest BCUT2D eigenvalue weighted by atomic mass is 10.1. The minimum Gasteiger partial charge on any atom is -0.361 e. The maximum absolute atomic E-state index is 12.7. The fourth-order valence-electron chi connectivity index (χ4n) is 3.48. The van der Waals surface area contributed by atoms with Crippen LogP contribution < -0.4 is 0 Å². The van der Waals surface area contributed by atoms with Crippen LogP contribution in [0.5, 0.6) is 0 Å². The van der Waals surface area contributed by atoms with Gasteiger partial charge in [0, 0.05) is 55.4 Å². The third kappa shape index (κ3) is 3.59. The fraction of sp³-hybridized carbons (Fsp3) is 0.286. The number of piperazine rings is 1. The van der Waals surface area contributed by atoms with Crippen LogP contribution in [0.25, 0.3) is 10.9 Å². The molecule has 0 saturated carbocycles. The molecule has 4 heteroatoms. The summed E-state index contributed by atoms with van der Waals surface area (Å²) in [5.74, 6) is 0.144. The lowest BCUT2D eigenvalue weighted by molar-refractivity contribution is 0.0638. The predicted molar refractivity (Wildman–Crippen MR) is 101 cm³/mol. The van der Waals surface area contributed by atoms with Crippen molar-refractivity contribution in [2.24, 2.45) is 0 Å². The maximum atomic E-state index is 12.7. The van der Waals surface area contributed by atoms with Gasteiger partial charge in [0.2, 0.25) is 0 Å². The summed E-state index contributed by atoms with van der Waals surface area (Å²) in [5.41, 5.74) is 3.23. The second kappa shape index (κ2) is 7.11. The molecule has 1 saturated heterocycles. The predicted octanol–water partition coefficient (Wildman–Crippen LogP) is 3.17. The molecule has 4 rings (SSSR count). The molecule has 0 radical (unpaired) electrons. The van der Waals surface area contributed by atoms with Gasteiger partial charge in [-0.3, -0.25) is 9.69 Å². The first-order valence-electron chi connectivity index (χ1n) is 8.92. The Morgan fingerprint density at radius 1 is 0.960 bits per heavy atom. The number of carbonyl (C=O) groups excluding carboxylic acids is 1. The summed E-state index contributed by atoms with van der Waals surface area (Å²) in [6.07, 6.45) is 2.98. The molecule has 128 valence electrons. The van der Waals surface area contributed by atoms with Crippen molar-refractivity contribution >= 4 is 16.8 Å². The Labute approximate surface area is 148 Å². The first-order valence-corrected chi connectivity index (χ1v) is 8.92. The third-order valence-corrected chi connectivity index (χ3v) is 5.02. The van der Waals surface area contributed by atoms with Gasteiger partial charge in [-0.25, -0.2) is 0 Å². The standard InChI is InChI=1S/C21H23N3O/c25-21(19-6-7-20-18(16-19)8-10-22-20)24-14-12-23(13-15-24)11-9-17-4-2-1-3-5-17/h1-8,10,16,22H,9,11-15H2. The molecule has 0 atom stereocenters. The molecule has 0 spiro atoms. The van der Waals surface area contributed by atoms with Gasteiger partial charge in [0.1, 0.15) is 0 Å². The normalized spacial score (nSPS) is 15.6. The van der Waals surface area contributed by atoms with E-state index in [4.69, 9.17) is 0 Å². The van der Waals surface area contributed by atoms with Crippen LogP contribution in [-0.4, -0.2) is 53.4 Å². The number of rotatable bonds is 4. The molecule has 1 amide bonds. The highest BCUT2D eigenvalue weighted by molar-refractivity contribution is 5.98. The first kappa shape index (κ1) is 15.9. The van der Waals surface area contributed by atoms with Crippen LogP contribution in [0.2, 0.25) is 0 Å². The van der Waals surface area contributed by atoms with Crippen molar-refractivity contribution in [3.8, 4) is 0 Å². The van der Waals surface area contributed by atoms with E-state index in [1.54, 1.807) is 0 Å². The van der Waals surface area contributed by atoms with Crippen molar-refractivity contribution < 1.29 is 4.79 Å². The smallest absolute Gasteiger partial charge is 0.253 e. The second-order valence-electron chi connectivity index (χ2n) is 6.65. The third-order valence-electron chi connectivity index (χ3n) is 5.02. The van der Waals surface area contributed by atoms with Crippen molar-refractivity contribution in [2.75, 3.05) is 32.7 Å². The zero-order valence-corrected chi connectivity index (χ0v) is 14.3. The van der Waals surface area contributed by atoms with Crippen LogP contribution in [0, 0.1) is 0 Å². The number of nitrogens with zero attached hydrogens (tertiary/aromatic N) is 2. The Kier molecular flexibility index (Phi) is 4.53. The summed E-state index contributed by atoms with van der Waals surface area (Å²) < 4.78 is 0. The molecule has 0 bridgehead atoms. The lowest BCUT2D eigenvalue weighted by Gasteiger charge is -2.34. The average Bonchev–Trinajstić information content (AvgIpc) is 3.15. The zero-order chi connectivity index (χ0) is 17.1. The number of amides is 1.